The molecule has 1 atom stereocenters. The summed E-state index contributed by atoms with van der Waals surface area (Å²) in [5.41, 5.74) is 2.12. The minimum atomic E-state index is -3.64. The molecule has 0 aliphatic heterocycles. The maximum Gasteiger partial charge on any atom is 0.241 e. The third-order valence-electron chi connectivity index (χ3n) is 3.53. The van der Waals surface area contributed by atoms with Crippen molar-refractivity contribution in [2.45, 2.75) is 38.6 Å². The quantitative estimate of drug-likeness (QED) is 0.881. The summed E-state index contributed by atoms with van der Waals surface area (Å²) in [4.78, 5) is 4.45. The molecule has 0 aliphatic rings. The molecule has 0 bridgehead atoms. The lowest BCUT2D eigenvalue weighted by atomic mass is 10.1. The van der Waals surface area contributed by atoms with Gasteiger partial charge in [-0.25, -0.2) is 13.1 Å². The Morgan fingerprint density at radius 3 is 2.57 bits per heavy atom. The lowest BCUT2D eigenvalue weighted by molar-refractivity contribution is 0.337. The number of pyridine rings is 1. The normalized spacial score (nSPS) is 12.9. The van der Waals surface area contributed by atoms with E-state index in [0.29, 0.717) is 23.6 Å². The summed E-state index contributed by atoms with van der Waals surface area (Å²) in [6, 6.07) is 8.42. The zero-order valence-electron chi connectivity index (χ0n) is 13.8. The number of nitrogens with one attached hydrogen (secondary N) is 1. The number of sulfonamides is 1. The van der Waals surface area contributed by atoms with Crippen molar-refractivity contribution in [3.63, 3.8) is 0 Å². The van der Waals surface area contributed by atoms with Crippen LogP contribution in [0.1, 0.15) is 36.7 Å². The molecule has 0 radical (unpaired) electrons. The van der Waals surface area contributed by atoms with E-state index in [1.54, 1.807) is 44.3 Å². The molecular formula is C17H22N2O3S. The molecule has 0 aliphatic carbocycles. The molecule has 2 aromatic rings. The Balaban J connectivity index is 2.31. The molecular weight excluding hydrogens is 312 g/mol. The van der Waals surface area contributed by atoms with Gasteiger partial charge in [-0.1, -0.05) is 6.07 Å². The second-order valence-corrected chi connectivity index (χ2v) is 7.10. The first kappa shape index (κ1) is 17.4. The predicted molar refractivity (Wildman–Crippen MR) is 90.1 cm³/mol. The summed E-state index contributed by atoms with van der Waals surface area (Å²) in [6.45, 7) is 7.82. The van der Waals surface area contributed by atoms with E-state index in [0.717, 1.165) is 5.56 Å². The van der Waals surface area contributed by atoms with E-state index in [1.165, 1.54) is 0 Å². The molecule has 1 N–H and O–H groups in total. The molecule has 1 unspecified atom stereocenters. The van der Waals surface area contributed by atoms with Crippen molar-refractivity contribution in [3.8, 4) is 5.75 Å². The number of hydrogen-bond donors (Lipinski definition) is 1. The summed E-state index contributed by atoms with van der Waals surface area (Å²) >= 11 is 0. The highest BCUT2D eigenvalue weighted by Crippen LogP contribution is 2.26. The highest BCUT2D eigenvalue weighted by molar-refractivity contribution is 7.89. The molecule has 5 nitrogen and oxygen atoms in total. The molecule has 124 valence electrons. The SMILES string of the molecule is CCOc1cc(C)c(S(=O)(=O)NC(C)c2ccccn2)cc1C. The fourth-order valence-electron chi connectivity index (χ4n) is 2.35. The van der Waals surface area contributed by atoms with Crippen LogP contribution in [0.15, 0.2) is 41.4 Å². The third kappa shape index (κ3) is 4.09. The van der Waals surface area contributed by atoms with Crippen molar-refractivity contribution in [1.82, 2.24) is 9.71 Å². The van der Waals surface area contributed by atoms with E-state index < -0.39 is 16.1 Å². The van der Waals surface area contributed by atoms with Crippen LogP contribution in [-0.2, 0) is 10.0 Å². The average Bonchev–Trinajstić information content (AvgIpc) is 2.51. The maximum absolute atomic E-state index is 12.7. The third-order valence-corrected chi connectivity index (χ3v) is 5.21. The first-order valence-electron chi connectivity index (χ1n) is 7.52. The summed E-state index contributed by atoms with van der Waals surface area (Å²) in [6.07, 6.45) is 1.65. The molecule has 0 fully saturated rings. The van der Waals surface area contributed by atoms with Crippen molar-refractivity contribution in [2.75, 3.05) is 6.61 Å². The fraction of sp³-hybridized carbons (Fsp3) is 0.353. The van der Waals surface area contributed by atoms with E-state index in [9.17, 15) is 8.42 Å². The van der Waals surface area contributed by atoms with Crippen LogP contribution in [0.25, 0.3) is 0 Å². The number of benzene rings is 1. The molecule has 0 saturated carbocycles. The highest BCUT2D eigenvalue weighted by Gasteiger charge is 2.22. The van der Waals surface area contributed by atoms with Crippen molar-refractivity contribution >= 4 is 10.0 Å². The van der Waals surface area contributed by atoms with Crippen molar-refractivity contribution < 1.29 is 13.2 Å². The van der Waals surface area contributed by atoms with Crippen LogP contribution in [0.2, 0.25) is 0 Å². The second kappa shape index (κ2) is 7.10. The maximum atomic E-state index is 12.7. The molecule has 2 rings (SSSR count). The van der Waals surface area contributed by atoms with Gasteiger partial charge in [0.05, 0.1) is 23.2 Å². The van der Waals surface area contributed by atoms with Gasteiger partial charge in [0.2, 0.25) is 10.0 Å². The van der Waals surface area contributed by atoms with E-state index in [1.807, 2.05) is 19.9 Å². The number of nitrogens with zero attached hydrogens (tertiary/aromatic N) is 1. The Morgan fingerprint density at radius 2 is 1.96 bits per heavy atom. The van der Waals surface area contributed by atoms with Gasteiger partial charge < -0.3 is 4.74 Å². The summed E-state index contributed by atoms with van der Waals surface area (Å²) < 4.78 is 33.5. The molecule has 0 amide bonds. The first-order chi connectivity index (χ1) is 10.8. The van der Waals surface area contributed by atoms with Gasteiger partial charge in [-0.2, -0.15) is 0 Å². The Bertz CT molecular complexity index is 774. The van der Waals surface area contributed by atoms with Gasteiger partial charge in [0.25, 0.3) is 0 Å². The van der Waals surface area contributed by atoms with Gasteiger partial charge in [-0.05, 0) is 63.1 Å². The summed E-state index contributed by atoms with van der Waals surface area (Å²) in [5, 5.41) is 0. The number of aryl methyl sites for hydroxylation is 2. The molecule has 6 heteroatoms. The van der Waals surface area contributed by atoms with Crippen LogP contribution < -0.4 is 9.46 Å². The fourth-order valence-corrected chi connectivity index (χ4v) is 3.88. The topological polar surface area (TPSA) is 68.3 Å². The number of aromatic nitrogens is 1. The lowest BCUT2D eigenvalue weighted by Gasteiger charge is -2.17. The Labute approximate surface area is 137 Å². The molecule has 1 aromatic heterocycles. The predicted octanol–water partition coefficient (Wildman–Crippen LogP) is 3.14. The van der Waals surface area contributed by atoms with Crippen LogP contribution in [0.5, 0.6) is 5.75 Å². The first-order valence-corrected chi connectivity index (χ1v) is 9.00. The van der Waals surface area contributed by atoms with Gasteiger partial charge in [-0.3, -0.25) is 4.98 Å². The molecule has 0 saturated heterocycles. The van der Waals surface area contributed by atoms with E-state index in [4.69, 9.17) is 4.74 Å². The van der Waals surface area contributed by atoms with Crippen molar-refractivity contribution in [2.24, 2.45) is 0 Å². The van der Waals surface area contributed by atoms with Crippen LogP contribution in [-0.4, -0.2) is 20.0 Å². The lowest BCUT2D eigenvalue weighted by Crippen LogP contribution is -2.28. The van der Waals surface area contributed by atoms with Crippen LogP contribution in [0.3, 0.4) is 0 Å². The van der Waals surface area contributed by atoms with Gasteiger partial charge >= 0.3 is 0 Å². The summed E-state index contributed by atoms with van der Waals surface area (Å²) in [7, 11) is -3.64. The molecule has 1 heterocycles. The van der Waals surface area contributed by atoms with Crippen LogP contribution in [0, 0.1) is 13.8 Å². The van der Waals surface area contributed by atoms with Gasteiger partial charge in [0.1, 0.15) is 5.75 Å². The van der Waals surface area contributed by atoms with Gasteiger partial charge in [0, 0.05) is 6.20 Å². The summed E-state index contributed by atoms with van der Waals surface area (Å²) in [5.74, 6) is 0.710. The zero-order valence-corrected chi connectivity index (χ0v) is 14.6. The number of hydrogen-bond acceptors (Lipinski definition) is 4. The average molecular weight is 334 g/mol. The minimum absolute atomic E-state index is 0.265. The van der Waals surface area contributed by atoms with E-state index in [2.05, 4.69) is 9.71 Å². The molecule has 1 aromatic carbocycles. The molecule has 0 spiro atoms. The number of rotatable bonds is 6. The smallest absolute Gasteiger partial charge is 0.241 e. The molecule has 23 heavy (non-hydrogen) atoms. The van der Waals surface area contributed by atoms with Gasteiger partial charge in [-0.15, -0.1) is 0 Å². The largest absolute Gasteiger partial charge is 0.494 e. The second-order valence-electron chi connectivity index (χ2n) is 5.41. The number of ether oxygens (including phenoxy) is 1. The monoisotopic (exact) mass is 334 g/mol. The highest BCUT2D eigenvalue weighted by atomic mass is 32.2. The minimum Gasteiger partial charge on any atom is -0.494 e. The Morgan fingerprint density at radius 1 is 1.22 bits per heavy atom. The zero-order chi connectivity index (χ0) is 17.0. The van der Waals surface area contributed by atoms with Crippen molar-refractivity contribution in [1.29, 1.82) is 0 Å². The van der Waals surface area contributed by atoms with Gasteiger partial charge in [0.15, 0.2) is 0 Å². The Kier molecular flexibility index (Phi) is 5.38. The standard InChI is InChI=1S/C17H22N2O3S/c1-5-22-16-10-13(3)17(11-12(16)2)23(20,21)19-14(4)15-8-6-7-9-18-15/h6-11,14,19H,5H2,1-4H3. The van der Waals surface area contributed by atoms with Crippen LogP contribution in [0.4, 0.5) is 0 Å². The van der Waals surface area contributed by atoms with Crippen molar-refractivity contribution in [3.05, 3.63) is 53.3 Å². The van der Waals surface area contributed by atoms with E-state index in [-0.39, 0.29) is 4.90 Å². The Hall–Kier alpha value is -1.92. The van der Waals surface area contributed by atoms with Crippen LogP contribution >= 0.6 is 0 Å². The van der Waals surface area contributed by atoms with E-state index >= 15 is 0 Å².